The molecule has 1 aromatic heterocycles. The largest absolute Gasteiger partial charge is 0.311 e. The third-order valence-electron chi connectivity index (χ3n) is 2.79. The van der Waals surface area contributed by atoms with Crippen LogP contribution in [0.2, 0.25) is 0 Å². The smallest absolute Gasteiger partial charge is 0.271 e. The van der Waals surface area contributed by atoms with E-state index in [4.69, 9.17) is 0 Å². The molecular weight excluding hydrogens is 338 g/mol. The summed E-state index contributed by atoms with van der Waals surface area (Å²) in [6.45, 7) is 5.77. The van der Waals surface area contributed by atoms with Gasteiger partial charge in [0.25, 0.3) is 5.69 Å². The molecule has 0 aliphatic rings. The van der Waals surface area contributed by atoms with Gasteiger partial charge in [-0.3, -0.25) is 10.1 Å². The molecule has 7 nitrogen and oxygen atoms in total. The summed E-state index contributed by atoms with van der Waals surface area (Å²) in [7, 11) is 0. The van der Waals surface area contributed by atoms with E-state index >= 15 is 0 Å². The molecule has 0 aliphatic heterocycles. The number of nitrogens with zero attached hydrogens (tertiary/aromatic N) is 4. The Morgan fingerprint density at radius 3 is 2.90 bits per heavy atom. The maximum atomic E-state index is 10.8. The standard InChI is InChI=1S/C13H16BrN5O2/c1-9(2)6-15-7-10-8-18(17-16-10)13-5-11(19(20)21)3-4-12(13)14/h3-5,8-9,15H,6-7H2,1-2H3. The molecule has 0 fully saturated rings. The van der Waals surface area contributed by atoms with Crippen molar-refractivity contribution >= 4 is 21.6 Å². The van der Waals surface area contributed by atoms with E-state index in [2.05, 4.69) is 45.4 Å². The van der Waals surface area contributed by atoms with E-state index in [0.717, 1.165) is 16.7 Å². The Labute approximate surface area is 130 Å². The highest BCUT2D eigenvalue weighted by Gasteiger charge is 2.12. The molecule has 1 aromatic carbocycles. The van der Waals surface area contributed by atoms with Crippen LogP contribution in [0.1, 0.15) is 19.5 Å². The van der Waals surface area contributed by atoms with Crippen LogP contribution in [0.25, 0.3) is 5.69 Å². The first-order chi connectivity index (χ1) is 9.97. The Kier molecular flexibility index (Phi) is 5.03. The second-order valence-electron chi connectivity index (χ2n) is 5.07. The zero-order valence-corrected chi connectivity index (χ0v) is 13.4. The number of non-ortho nitro benzene ring substituents is 1. The number of aromatic nitrogens is 3. The first-order valence-corrected chi connectivity index (χ1v) is 7.33. The van der Waals surface area contributed by atoms with Gasteiger partial charge in [0, 0.05) is 23.2 Å². The maximum absolute atomic E-state index is 10.8. The Bertz CT molecular complexity index is 641. The molecule has 8 heteroatoms. The van der Waals surface area contributed by atoms with E-state index in [-0.39, 0.29) is 5.69 Å². The molecule has 1 N–H and O–H groups in total. The summed E-state index contributed by atoms with van der Waals surface area (Å²) in [6, 6.07) is 4.53. The third-order valence-corrected chi connectivity index (χ3v) is 3.46. The lowest BCUT2D eigenvalue weighted by Gasteiger charge is -2.04. The second kappa shape index (κ2) is 6.77. The van der Waals surface area contributed by atoms with Gasteiger partial charge >= 0.3 is 0 Å². The van der Waals surface area contributed by atoms with Gasteiger partial charge in [0.15, 0.2) is 0 Å². The zero-order valence-electron chi connectivity index (χ0n) is 11.8. The lowest BCUT2D eigenvalue weighted by molar-refractivity contribution is -0.384. The molecule has 0 bridgehead atoms. The summed E-state index contributed by atoms with van der Waals surface area (Å²) in [5, 5.41) is 22.2. The highest BCUT2D eigenvalue weighted by atomic mass is 79.9. The van der Waals surface area contributed by atoms with Crippen LogP contribution in [-0.4, -0.2) is 26.5 Å². The van der Waals surface area contributed by atoms with Crippen LogP contribution in [-0.2, 0) is 6.54 Å². The van der Waals surface area contributed by atoms with Crippen molar-refractivity contribution < 1.29 is 4.92 Å². The fourth-order valence-electron chi connectivity index (χ4n) is 1.78. The van der Waals surface area contributed by atoms with Gasteiger partial charge in [-0.2, -0.15) is 0 Å². The Morgan fingerprint density at radius 2 is 2.24 bits per heavy atom. The van der Waals surface area contributed by atoms with Crippen LogP contribution in [0.3, 0.4) is 0 Å². The topological polar surface area (TPSA) is 85.9 Å². The summed E-state index contributed by atoms with van der Waals surface area (Å²) in [6.07, 6.45) is 1.76. The molecule has 0 atom stereocenters. The molecule has 0 radical (unpaired) electrons. The average molecular weight is 354 g/mol. The van der Waals surface area contributed by atoms with Gasteiger partial charge in [0.05, 0.1) is 22.5 Å². The van der Waals surface area contributed by atoms with Crippen molar-refractivity contribution in [3.8, 4) is 5.69 Å². The van der Waals surface area contributed by atoms with Crippen molar-refractivity contribution in [2.24, 2.45) is 5.92 Å². The molecule has 0 spiro atoms. The number of benzene rings is 1. The molecule has 21 heavy (non-hydrogen) atoms. The van der Waals surface area contributed by atoms with Crippen molar-refractivity contribution in [1.29, 1.82) is 0 Å². The van der Waals surface area contributed by atoms with Crippen molar-refractivity contribution in [3.63, 3.8) is 0 Å². The van der Waals surface area contributed by atoms with Crippen LogP contribution < -0.4 is 5.32 Å². The normalized spacial score (nSPS) is 11.0. The molecule has 112 valence electrons. The molecule has 0 saturated carbocycles. The second-order valence-corrected chi connectivity index (χ2v) is 5.93. The van der Waals surface area contributed by atoms with Crippen molar-refractivity contribution in [2.45, 2.75) is 20.4 Å². The van der Waals surface area contributed by atoms with E-state index in [1.807, 2.05) is 0 Å². The van der Waals surface area contributed by atoms with Crippen molar-refractivity contribution in [3.05, 3.63) is 44.7 Å². The maximum Gasteiger partial charge on any atom is 0.271 e. The van der Waals surface area contributed by atoms with Gasteiger partial charge < -0.3 is 5.32 Å². The summed E-state index contributed by atoms with van der Waals surface area (Å²) in [5.41, 5.74) is 1.39. The quantitative estimate of drug-likeness (QED) is 0.637. The summed E-state index contributed by atoms with van der Waals surface area (Å²) < 4.78 is 2.25. The molecule has 1 heterocycles. The predicted molar refractivity (Wildman–Crippen MR) is 82.3 cm³/mol. The Balaban J connectivity index is 2.17. The molecular formula is C13H16BrN5O2. The lowest BCUT2D eigenvalue weighted by atomic mass is 10.2. The van der Waals surface area contributed by atoms with E-state index < -0.39 is 4.92 Å². The van der Waals surface area contributed by atoms with Gasteiger partial charge in [-0.15, -0.1) is 5.10 Å². The van der Waals surface area contributed by atoms with E-state index in [9.17, 15) is 10.1 Å². The monoisotopic (exact) mass is 353 g/mol. The SMILES string of the molecule is CC(C)CNCc1cn(-c2cc([N+](=O)[O-])ccc2Br)nn1. The highest BCUT2D eigenvalue weighted by molar-refractivity contribution is 9.10. The van der Waals surface area contributed by atoms with Crippen LogP contribution >= 0.6 is 15.9 Å². The van der Waals surface area contributed by atoms with E-state index in [1.165, 1.54) is 16.8 Å². The van der Waals surface area contributed by atoms with Gasteiger partial charge in [-0.05, 0) is 34.5 Å². The average Bonchev–Trinajstić information content (AvgIpc) is 2.87. The van der Waals surface area contributed by atoms with Crippen LogP contribution in [0.4, 0.5) is 5.69 Å². The summed E-state index contributed by atoms with van der Waals surface area (Å²) in [4.78, 5) is 10.4. The highest BCUT2D eigenvalue weighted by Crippen LogP contribution is 2.25. The number of hydrogen-bond acceptors (Lipinski definition) is 5. The van der Waals surface area contributed by atoms with E-state index in [1.54, 1.807) is 12.3 Å². The molecule has 2 rings (SSSR count). The van der Waals surface area contributed by atoms with Crippen LogP contribution in [0, 0.1) is 16.0 Å². The fraction of sp³-hybridized carbons (Fsp3) is 0.385. The minimum Gasteiger partial charge on any atom is -0.311 e. The number of halogens is 1. The molecule has 0 amide bonds. The van der Waals surface area contributed by atoms with Crippen LogP contribution in [0.15, 0.2) is 28.9 Å². The molecule has 0 aliphatic carbocycles. The number of hydrogen-bond donors (Lipinski definition) is 1. The minimum absolute atomic E-state index is 0.0168. The Morgan fingerprint density at radius 1 is 1.48 bits per heavy atom. The van der Waals surface area contributed by atoms with Crippen molar-refractivity contribution in [1.82, 2.24) is 20.3 Å². The lowest BCUT2D eigenvalue weighted by Crippen LogP contribution is -2.19. The van der Waals surface area contributed by atoms with Crippen molar-refractivity contribution in [2.75, 3.05) is 6.54 Å². The summed E-state index contributed by atoms with van der Waals surface area (Å²) in [5.74, 6) is 0.561. The third kappa shape index (κ3) is 4.08. The number of nitro benzene ring substituents is 1. The predicted octanol–water partition coefficient (Wildman–Crippen LogP) is 2.68. The van der Waals surface area contributed by atoms with Gasteiger partial charge in [0.1, 0.15) is 0 Å². The fourth-order valence-corrected chi connectivity index (χ4v) is 2.20. The molecule has 2 aromatic rings. The van der Waals surface area contributed by atoms with Gasteiger partial charge in [0.2, 0.25) is 0 Å². The number of nitrogens with one attached hydrogen (secondary N) is 1. The Hall–Kier alpha value is -1.80. The van der Waals surface area contributed by atoms with Gasteiger partial charge in [-0.25, -0.2) is 4.68 Å². The minimum atomic E-state index is -0.433. The summed E-state index contributed by atoms with van der Waals surface area (Å²) >= 11 is 3.37. The zero-order chi connectivity index (χ0) is 15.4. The first-order valence-electron chi connectivity index (χ1n) is 6.53. The number of rotatable bonds is 6. The van der Waals surface area contributed by atoms with E-state index in [0.29, 0.717) is 18.2 Å². The van der Waals surface area contributed by atoms with Gasteiger partial charge in [-0.1, -0.05) is 19.1 Å². The number of nitro groups is 1. The first kappa shape index (κ1) is 15.6. The molecule has 0 unspecified atom stereocenters. The van der Waals surface area contributed by atoms with Crippen LogP contribution in [0.5, 0.6) is 0 Å². The molecule has 0 saturated heterocycles.